The summed E-state index contributed by atoms with van der Waals surface area (Å²) >= 11 is 7.10. The molecule has 0 radical (unpaired) electrons. The van der Waals surface area contributed by atoms with Crippen LogP contribution < -0.4 is 5.32 Å². The zero-order chi connectivity index (χ0) is 14.5. The van der Waals surface area contributed by atoms with Gasteiger partial charge in [0.2, 0.25) is 0 Å². The van der Waals surface area contributed by atoms with Crippen LogP contribution >= 0.6 is 31.9 Å². The van der Waals surface area contributed by atoms with Crippen molar-refractivity contribution in [3.05, 3.63) is 38.9 Å². The van der Waals surface area contributed by atoms with E-state index in [1.54, 1.807) is 6.26 Å². The SMILES string of the molecule is CCCNC(c1ccoc1Br)c1c(Br)cnn1CCC. The molecule has 0 aromatic carbocycles. The van der Waals surface area contributed by atoms with Crippen molar-refractivity contribution in [3.8, 4) is 0 Å². The third-order valence-corrected chi connectivity index (χ3v) is 4.35. The van der Waals surface area contributed by atoms with Crippen molar-refractivity contribution < 1.29 is 4.42 Å². The Morgan fingerprint density at radius 2 is 2.15 bits per heavy atom. The minimum atomic E-state index is 0.0616. The third kappa shape index (κ3) is 3.35. The monoisotopic (exact) mass is 403 g/mol. The fourth-order valence-electron chi connectivity index (χ4n) is 2.20. The highest BCUT2D eigenvalue weighted by atomic mass is 79.9. The molecule has 6 heteroatoms. The Bertz CT molecular complexity index is 550. The van der Waals surface area contributed by atoms with Gasteiger partial charge >= 0.3 is 0 Å². The molecule has 4 nitrogen and oxygen atoms in total. The minimum Gasteiger partial charge on any atom is -0.457 e. The first-order valence-corrected chi connectivity index (χ1v) is 8.45. The van der Waals surface area contributed by atoms with E-state index in [4.69, 9.17) is 4.42 Å². The standard InChI is InChI=1S/C14H19Br2N3O/c1-3-6-17-12(10-5-8-20-14(10)16)13-11(15)9-18-19(13)7-4-2/h5,8-9,12,17H,3-4,6-7H2,1-2H3. The summed E-state index contributed by atoms with van der Waals surface area (Å²) in [4.78, 5) is 0. The van der Waals surface area contributed by atoms with Crippen LogP contribution in [0.5, 0.6) is 0 Å². The highest BCUT2D eigenvalue weighted by Crippen LogP contribution is 2.33. The predicted molar refractivity (Wildman–Crippen MR) is 86.8 cm³/mol. The molecule has 0 aliphatic rings. The van der Waals surface area contributed by atoms with Crippen LogP contribution in [0.25, 0.3) is 0 Å². The second kappa shape index (κ2) is 7.43. The molecule has 2 aromatic heterocycles. The van der Waals surface area contributed by atoms with Gasteiger partial charge in [0, 0.05) is 12.1 Å². The Kier molecular flexibility index (Phi) is 5.86. The zero-order valence-corrected chi connectivity index (χ0v) is 14.9. The van der Waals surface area contributed by atoms with Gasteiger partial charge in [-0.1, -0.05) is 13.8 Å². The summed E-state index contributed by atoms with van der Waals surface area (Å²) < 4.78 is 9.23. The van der Waals surface area contributed by atoms with E-state index < -0.39 is 0 Å². The van der Waals surface area contributed by atoms with Gasteiger partial charge in [-0.05, 0) is 57.3 Å². The highest BCUT2D eigenvalue weighted by molar-refractivity contribution is 9.10. The van der Waals surface area contributed by atoms with Crippen LogP contribution in [-0.4, -0.2) is 16.3 Å². The summed E-state index contributed by atoms with van der Waals surface area (Å²) in [5.74, 6) is 0. The smallest absolute Gasteiger partial charge is 0.174 e. The van der Waals surface area contributed by atoms with Crippen LogP contribution in [-0.2, 0) is 6.54 Å². The molecule has 1 unspecified atom stereocenters. The van der Waals surface area contributed by atoms with Gasteiger partial charge in [0.15, 0.2) is 4.67 Å². The molecule has 0 fully saturated rings. The van der Waals surface area contributed by atoms with E-state index in [0.29, 0.717) is 0 Å². The Morgan fingerprint density at radius 3 is 2.75 bits per heavy atom. The number of aromatic nitrogens is 2. The van der Waals surface area contributed by atoms with Gasteiger partial charge in [-0.3, -0.25) is 4.68 Å². The molecule has 0 aliphatic carbocycles. The summed E-state index contributed by atoms with van der Waals surface area (Å²) in [6, 6.07) is 2.05. The molecular formula is C14H19Br2N3O. The molecule has 0 amide bonds. The van der Waals surface area contributed by atoms with Crippen LogP contribution in [0.2, 0.25) is 0 Å². The molecule has 110 valence electrons. The quantitative estimate of drug-likeness (QED) is 0.738. The fraction of sp³-hybridized carbons (Fsp3) is 0.500. The molecule has 0 spiro atoms. The van der Waals surface area contributed by atoms with Crippen LogP contribution in [0.15, 0.2) is 32.1 Å². The van der Waals surface area contributed by atoms with E-state index in [1.807, 2.05) is 12.3 Å². The average molecular weight is 405 g/mol. The number of nitrogens with one attached hydrogen (secondary N) is 1. The molecule has 0 aliphatic heterocycles. The summed E-state index contributed by atoms with van der Waals surface area (Å²) in [6.07, 6.45) is 5.69. The van der Waals surface area contributed by atoms with Crippen LogP contribution in [0.1, 0.15) is 44.0 Å². The van der Waals surface area contributed by atoms with E-state index in [1.165, 1.54) is 0 Å². The fourth-order valence-corrected chi connectivity index (χ4v) is 3.20. The van der Waals surface area contributed by atoms with E-state index in [-0.39, 0.29) is 6.04 Å². The maximum atomic E-state index is 5.39. The highest BCUT2D eigenvalue weighted by Gasteiger charge is 2.24. The lowest BCUT2D eigenvalue weighted by atomic mass is 10.1. The number of rotatable bonds is 7. The van der Waals surface area contributed by atoms with Gasteiger partial charge in [-0.2, -0.15) is 5.10 Å². The van der Waals surface area contributed by atoms with Crippen LogP contribution in [0.4, 0.5) is 0 Å². The lowest BCUT2D eigenvalue weighted by molar-refractivity contribution is 0.494. The van der Waals surface area contributed by atoms with Crippen molar-refractivity contribution in [2.75, 3.05) is 6.54 Å². The molecule has 20 heavy (non-hydrogen) atoms. The number of nitrogens with zero attached hydrogens (tertiary/aromatic N) is 2. The molecule has 1 atom stereocenters. The number of hydrogen-bond donors (Lipinski definition) is 1. The number of halogens is 2. The third-order valence-electron chi connectivity index (χ3n) is 3.10. The summed E-state index contributed by atoms with van der Waals surface area (Å²) in [6.45, 7) is 6.15. The van der Waals surface area contributed by atoms with E-state index in [2.05, 4.69) is 60.8 Å². The Morgan fingerprint density at radius 1 is 1.35 bits per heavy atom. The van der Waals surface area contributed by atoms with Crippen molar-refractivity contribution in [3.63, 3.8) is 0 Å². The van der Waals surface area contributed by atoms with E-state index in [0.717, 1.165) is 46.3 Å². The van der Waals surface area contributed by atoms with E-state index in [9.17, 15) is 0 Å². The van der Waals surface area contributed by atoms with Gasteiger partial charge in [0.05, 0.1) is 28.7 Å². The topological polar surface area (TPSA) is 43.0 Å². The van der Waals surface area contributed by atoms with Gasteiger partial charge in [-0.15, -0.1) is 0 Å². The summed E-state index contributed by atoms with van der Waals surface area (Å²) in [5.41, 5.74) is 2.24. The molecule has 0 bridgehead atoms. The maximum absolute atomic E-state index is 5.39. The van der Waals surface area contributed by atoms with Crippen molar-refractivity contribution in [1.82, 2.24) is 15.1 Å². The molecule has 2 heterocycles. The molecular weight excluding hydrogens is 386 g/mol. The van der Waals surface area contributed by atoms with Crippen LogP contribution in [0, 0.1) is 0 Å². The first kappa shape index (κ1) is 15.8. The van der Waals surface area contributed by atoms with Gasteiger partial charge in [0.25, 0.3) is 0 Å². The minimum absolute atomic E-state index is 0.0616. The lowest BCUT2D eigenvalue weighted by Gasteiger charge is -2.20. The first-order valence-electron chi connectivity index (χ1n) is 6.86. The molecule has 2 rings (SSSR count). The summed E-state index contributed by atoms with van der Waals surface area (Å²) in [5, 5.41) is 8.03. The van der Waals surface area contributed by atoms with Gasteiger partial charge in [-0.25, -0.2) is 0 Å². The Labute approximate surface area is 136 Å². The lowest BCUT2D eigenvalue weighted by Crippen LogP contribution is -2.26. The Hall–Kier alpha value is -0.590. The number of aryl methyl sites for hydroxylation is 1. The largest absolute Gasteiger partial charge is 0.457 e. The maximum Gasteiger partial charge on any atom is 0.174 e. The van der Waals surface area contributed by atoms with Crippen molar-refractivity contribution in [2.45, 2.75) is 39.3 Å². The normalized spacial score (nSPS) is 12.8. The second-order valence-corrected chi connectivity index (χ2v) is 6.21. The average Bonchev–Trinajstić information content (AvgIpc) is 3.00. The van der Waals surface area contributed by atoms with E-state index >= 15 is 0 Å². The second-order valence-electron chi connectivity index (χ2n) is 4.64. The summed E-state index contributed by atoms with van der Waals surface area (Å²) in [7, 11) is 0. The zero-order valence-electron chi connectivity index (χ0n) is 11.7. The van der Waals surface area contributed by atoms with Crippen molar-refractivity contribution in [2.24, 2.45) is 0 Å². The number of hydrogen-bond acceptors (Lipinski definition) is 3. The van der Waals surface area contributed by atoms with Gasteiger partial charge < -0.3 is 9.73 Å². The van der Waals surface area contributed by atoms with Crippen molar-refractivity contribution >= 4 is 31.9 Å². The molecule has 0 saturated heterocycles. The van der Waals surface area contributed by atoms with Crippen molar-refractivity contribution in [1.29, 1.82) is 0 Å². The van der Waals surface area contributed by atoms with Crippen LogP contribution in [0.3, 0.4) is 0 Å². The van der Waals surface area contributed by atoms with Gasteiger partial charge in [0.1, 0.15) is 0 Å². The molecule has 0 saturated carbocycles. The molecule has 1 N–H and O–H groups in total. The first-order chi connectivity index (χ1) is 9.69. The number of furan rings is 1. The predicted octanol–water partition coefficient (Wildman–Crippen LogP) is 4.50. The molecule has 2 aromatic rings. The Balaban J connectivity index is 2.41.